The van der Waals surface area contributed by atoms with E-state index in [1.165, 1.54) is 0 Å². The van der Waals surface area contributed by atoms with Crippen molar-refractivity contribution in [2.75, 3.05) is 13.2 Å². The largest absolute Gasteiger partial charge is 0.394 e. The van der Waals surface area contributed by atoms with Gasteiger partial charge in [-0.05, 0) is 0 Å². The van der Waals surface area contributed by atoms with Crippen molar-refractivity contribution in [1.29, 1.82) is 0 Å². The van der Waals surface area contributed by atoms with Crippen LogP contribution in [0.25, 0.3) is 0 Å². The Morgan fingerprint density at radius 1 is 1.58 bits per heavy atom. The first-order valence-corrected chi connectivity index (χ1v) is 6.47. The molecule has 2 unspecified atom stereocenters. The second kappa shape index (κ2) is 4.92. The minimum Gasteiger partial charge on any atom is -0.394 e. The number of nitrogens with one attached hydrogen (secondary N) is 1. The molecule has 7 nitrogen and oxygen atoms in total. The lowest BCUT2D eigenvalue weighted by molar-refractivity contribution is -0.0438. The molecule has 0 aliphatic carbocycles. The third-order valence-corrected chi connectivity index (χ3v) is 3.66. The predicted molar refractivity (Wildman–Crippen MR) is 68.4 cm³/mol. The van der Waals surface area contributed by atoms with Crippen molar-refractivity contribution < 1.29 is 14.9 Å². The number of aromatic nitrogens is 2. The zero-order valence-corrected chi connectivity index (χ0v) is 10.7. The van der Waals surface area contributed by atoms with Crippen molar-refractivity contribution in [1.82, 2.24) is 14.9 Å². The molecule has 7 heteroatoms. The summed E-state index contributed by atoms with van der Waals surface area (Å²) in [6.45, 7) is 2.69. The minimum absolute atomic E-state index is 0.185. The maximum absolute atomic E-state index is 9.80. The van der Waals surface area contributed by atoms with E-state index in [1.54, 1.807) is 12.7 Å². The molecule has 0 saturated carbocycles. The molecule has 0 radical (unpaired) electrons. The summed E-state index contributed by atoms with van der Waals surface area (Å²) in [4.78, 5) is 8.76. The van der Waals surface area contributed by atoms with Gasteiger partial charge in [-0.2, -0.15) is 0 Å². The zero-order chi connectivity index (χ0) is 13.4. The van der Waals surface area contributed by atoms with Gasteiger partial charge in [0.05, 0.1) is 31.1 Å². The number of hydrogen-bond donors (Lipinski definition) is 3. The van der Waals surface area contributed by atoms with Crippen LogP contribution in [0.3, 0.4) is 0 Å². The van der Waals surface area contributed by atoms with Gasteiger partial charge in [-0.25, -0.2) is 9.98 Å². The Hall–Kier alpha value is -1.44. The Morgan fingerprint density at radius 3 is 3.16 bits per heavy atom. The molecule has 4 atom stereocenters. The monoisotopic (exact) mass is 266 g/mol. The van der Waals surface area contributed by atoms with Crippen LogP contribution in [0, 0.1) is 0 Å². The third kappa shape index (κ3) is 2.13. The summed E-state index contributed by atoms with van der Waals surface area (Å²) < 4.78 is 7.47. The molecule has 2 aliphatic heterocycles. The summed E-state index contributed by atoms with van der Waals surface area (Å²) in [5.74, 6) is 1.02. The molecule has 0 aromatic carbocycles. The van der Waals surface area contributed by atoms with E-state index in [0.29, 0.717) is 6.42 Å². The summed E-state index contributed by atoms with van der Waals surface area (Å²) >= 11 is 0. The van der Waals surface area contributed by atoms with Gasteiger partial charge in [0.25, 0.3) is 0 Å². The molecule has 1 saturated heterocycles. The first kappa shape index (κ1) is 12.6. The van der Waals surface area contributed by atoms with Crippen molar-refractivity contribution >= 4 is 12.2 Å². The standard InChI is InChI=1S/C12H18N4O3/c1-7-3-13-5-14-12-11(7)15-6-16(12)10-2-8(18)9(4-17)19-10/h5-10,17-18H,2-4H2,1H3,(H,13,14)/t7?,8?,9-,10-/m1/s1. The smallest absolute Gasteiger partial charge is 0.159 e. The second-order valence-corrected chi connectivity index (χ2v) is 5.04. The molecule has 19 heavy (non-hydrogen) atoms. The molecule has 1 fully saturated rings. The van der Waals surface area contributed by atoms with Crippen molar-refractivity contribution in [3.05, 3.63) is 12.0 Å². The Kier molecular flexibility index (Phi) is 3.26. The lowest BCUT2D eigenvalue weighted by Crippen LogP contribution is -2.24. The Balaban J connectivity index is 1.90. The van der Waals surface area contributed by atoms with Crippen molar-refractivity contribution in [3.8, 4) is 0 Å². The number of ether oxygens (including phenoxy) is 1. The summed E-state index contributed by atoms with van der Waals surface area (Å²) in [7, 11) is 0. The van der Waals surface area contributed by atoms with Crippen LogP contribution < -0.4 is 5.32 Å². The van der Waals surface area contributed by atoms with Gasteiger partial charge in [0, 0.05) is 18.9 Å². The van der Waals surface area contributed by atoms with Gasteiger partial charge in [0.2, 0.25) is 0 Å². The fraction of sp³-hybridized carbons (Fsp3) is 0.667. The molecule has 3 N–H and O–H groups in total. The van der Waals surface area contributed by atoms with E-state index >= 15 is 0 Å². The van der Waals surface area contributed by atoms with E-state index < -0.39 is 12.2 Å². The third-order valence-electron chi connectivity index (χ3n) is 3.66. The highest BCUT2D eigenvalue weighted by Crippen LogP contribution is 2.35. The maximum atomic E-state index is 9.80. The Labute approximate surface area is 110 Å². The minimum atomic E-state index is -0.654. The van der Waals surface area contributed by atoms with Crippen LogP contribution in [0.2, 0.25) is 0 Å². The average Bonchev–Trinajstić information content (AvgIpc) is 2.93. The number of nitrogens with zero attached hydrogens (tertiary/aromatic N) is 3. The quantitative estimate of drug-likeness (QED) is 0.694. The lowest BCUT2D eigenvalue weighted by atomic mass is 10.1. The van der Waals surface area contributed by atoms with Crippen LogP contribution in [-0.4, -0.2) is 51.5 Å². The topological polar surface area (TPSA) is 91.9 Å². The van der Waals surface area contributed by atoms with Gasteiger partial charge >= 0.3 is 0 Å². The van der Waals surface area contributed by atoms with Crippen LogP contribution in [0.4, 0.5) is 5.82 Å². The zero-order valence-electron chi connectivity index (χ0n) is 10.7. The van der Waals surface area contributed by atoms with Gasteiger partial charge in [0.1, 0.15) is 12.3 Å². The number of aliphatic imine (C=N–C) groups is 1. The molecule has 3 rings (SSSR count). The highest BCUT2D eigenvalue weighted by Gasteiger charge is 2.36. The maximum Gasteiger partial charge on any atom is 0.159 e. The van der Waals surface area contributed by atoms with Crippen LogP contribution in [0.1, 0.15) is 31.2 Å². The SMILES string of the molecule is CC1CNC=Nc2c1ncn2[C@H]1CC(O)[C@@H](CO)O1. The molecule has 0 amide bonds. The highest BCUT2D eigenvalue weighted by molar-refractivity contribution is 5.62. The number of hydrogen-bond acceptors (Lipinski definition) is 6. The van der Waals surface area contributed by atoms with Gasteiger partial charge in [0.15, 0.2) is 5.82 Å². The fourth-order valence-electron chi connectivity index (χ4n) is 2.54. The number of imidazole rings is 1. The average molecular weight is 266 g/mol. The van der Waals surface area contributed by atoms with Gasteiger partial charge in [-0.15, -0.1) is 0 Å². The predicted octanol–water partition coefficient (Wildman–Crippen LogP) is -0.110. The lowest BCUT2D eigenvalue weighted by Gasteiger charge is -2.14. The summed E-state index contributed by atoms with van der Waals surface area (Å²) in [6.07, 6.45) is 2.28. The van der Waals surface area contributed by atoms with E-state index in [-0.39, 0.29) is 18.8 Å². The molecule has 1 aromatic rings. The molecule has 0 spiro atoms. The molecular weight excluding hydrogens is 248 g/mol. The first-order valence-electron chi connectivity index (χ1n) is 6.47. The van der Waals surface area contributed by atoms with Gasteiger partial charge in [-0.3, -0.25) is 4.57 Å². The first-order chi connectivity index (χ1) is 9.20. The van der Waals surface area contributed by atoms with Crippen LogP contribution >= 0.6 is 0 Å². The number of rotatable bonds is 2. The summed E-state index contributed by atoms with van der Waals surface area (Å²) in [6, 6.07) is 0. The second-order valence-electron chi connectivity index (χ2n) is 5.04. The number of fused-ring (bicyclic) bond motifs is 1. The summed E-state index contributed by atoms with van der Waals surface area (Å²) in [5, 5.41) is 22.0. The van der Waals surface area contributed by atoms with Gasteiger partial charge < -0.3 is 20.3 Å². The van der Waals surface area contributed by atoms with E-state index in [4.69, 9.17) is 9.84 Å². The molecule has 2 aliphatic rings. The number of aliphatic hydroxyl groups is 2. The van der Waals surface area contributed by atoms with Crippen molar-refractivity contribution in [2.45, 2.75) is 37.7 Å². The van der Waals surface area contributed by atoms with Crippen LogP contribution in [0.5, 0.6) is 0 Å². The van der Waals surface area contributed by atoms with Crippen LogP contribution in [-0.2, 0) is 4.74 Å². The Morgan fingerprint density at radius 2 is 2.42 bits per heavy atom. The molecular formula is C12H18N4O3. The summed E-state index contributed by atoms with van der Waals surface area (Å²) in [5.41, 5.74) is 0.923. The molecule has 0 bridgehead atoms. The van der Waals surface area contributed by atoms with Crippen LogP contribution in [0.15, 0.2) is 11.3 Å². The highest BCUT2D eigenvalue weighted by atomic mass is 16.5. The van der Waals surface area contributed by atoms with Crippen molar-refractivity contribution in [3.63, 3.8) is 0 Å². The van der Waals surface area contributed by atoms with Gasteiger partial charge in [-0.1, -0.05) is 6.92 Å². The Bertz CT molecular complexity index is 487. The van der Waals surface area contributed by atoms with E-state index in [9.17, 15) is 5.11 Å². The number of aliphatic hydroxyl groups excluding tert-OH is 2. The molecule has 1 aromatic heterocycles. The van der Waals surface area contributed by atoms with E-state index in [2.05, 4.69) is 22.2 Å². The van der Waals surface area contributed by atoms with Crippen molar-refractivity contribution in [2.24, 2.45) is 4.99 Å². The van der Waals surface area contributed by atoms with E-state index in [1.807, 2.05) is 4.57 Å². The van der Waals surface area contributed by atoms with E-state index in [0.717, 1.165) is 18.1 Å². The normalized spacial score (nSPS) is 33.8. The molecule has 3 heterocycles. The fourth-order valence-corrected chi connectivity index (χ4v) is 2.54. The molecule has 104 valence electrons.